The molecule has 226 valence electrons. The van der Waals surface area contributed by atoms with Crippen molar-refractivity contribution in [1.82, 2.24) is 15.0 Å². The number of carbonyl (C=O) groups is 1. The number of rotatable bonds is 12. The van der Waals surface area contributed by atoms with E-state index in [0.29, 0.717) is 48.7 Å². The van der Waals surface area contributed by atoms with E-state index in [9.17, 15) is 4.79 Å². The first-order chi connectivity index (χ1) is 20.4. The zero-order valence-electron chi connectivity index (χ0n) is 24.9. The van der Waals surface area contributed by atoms with E-state index in [4.69, 9.17) is 14.0 Å². The summed E-state index contributed by atoms with van der Waals surface area (Å²) in [5.41, 5.74) is 1.03. The van der Waals surface area contributed by atoms with E-state index in [1.165, 1.54) is 6.07 Å². The van der Waals surface area contributed by atoms with E-state index in [1.807, 2.05) is 24.3 Å². The van der Waals surface area contributed by atoms with Gasteiger partial charge in [-0.25, -0.2) is 4.39 Å². The second-order valence-electron chi connectivity index (χ2n) is 11.5. The summed E-state index contributed by atoms with van der Waals surface area (Å²) >= 11 is 0. The van der Waals surface area contributed by atoms with Gasteiger partial charge in [-0.1, -0.05) is 19.0 Å². The fraction of sp³-hybridized carbons (Fsp3) is 0.531. The van der Waals surface area contributed by atoms with Gasteiger partial charge >= 0.3 is 6.01 Å². The number of methoxy groups -OCH3 is 1. The predicted molar refractivity (Wildman–Crippen MR) is 160 cm³/mol. The number of hydrogen-bond donors (Lipinski definition) is 1. The molecule has 3 heterocycles. The third kappa shape index (κ3) is 7.33. The summed E-state index contributed by atoms with van der Waals surface area (Å²) in [6.07, 6.45) is 6.00. The molecule has 1 N–H and O–H groups in total. The maximum Gasteiger partial charge on any atom is 0.324 e. The first-order valence-electron chi connectivity index (χ1n) is 15.1. The molecule has 42 heavy (non-hydrogen) atoms. The third-order valence-corrected chi connectivity index (χ3v) is 8.21. The van der Waals surface area contributed by atoms with Gasteiger partial charge in [0.1, 0.15) is 23.4 Å². The lowest BCUT2D eigenvalue weighted by molar-refractivity contribution is -0.131. The molecule has 2 saturated heterocycles. The molecule has 1 aromatic heterocycles. The van der Waals surface area contributed by atoms with Gasteiger partial charge in [0, 0.05) is 49.4 Å². The van der Waals surface area contributed by atoms with Crippen molar-refractivity contribution in [3.63, 3.8) is 0 Å². The lowest BCUT2D eigenvalue weighted by Gasteiger charge is -2.30. The molecule has 2 aliphatic heterocycles. The van der Waals surface area contributed by atoms with Crippen LogP contribution in [0.1, 0.15) is 75.7 Å². The molecule has 2 fully saturated rings. The number of ether oxygens (including phenoxy) is 2. The van der Waals surface area contributed by atoms with Gasteiger partial charge in [0.15, 0.2) is 5.82 Å². The van der Waals surface area contributed by atoms with E-state index < -0.39 is 11.9 Å². The van der Waals surface area contributed by atoms with Crippen LogP contribution in [0.4, 0.5) is 16.1 Å². The van der Waals surface area contributed by atoms with Gasteiger partial charge < -0.3 is 29.1 Å². The Bertz CT molecular complexity index is 1300. The van der Waals surface area contributed by atoms with Crippen molar-refractivity contribution in [3.8, 4) is 11.5 Å². The Hall–Kier alpha value is -3.82. The highest BCUT2D eigenvalue weighted by Gasteiger charge is 2.30. The summed E-state index contributed by atoms with van der Waals surface area (Å²) < 4.78 is 32.1. The normalized spacial score (nSPS) is 16.6. The number of piperidine rings is 1. The topological polar surface area (TPSA) is 93.0 Å². The molecule has 2 aromatic carbocycles. The SMILES string of the molecule is COc1ccc(NC(C(=O)N2CCCC2)c2ccc(OCCCC3CCN(c4nc(C(C)C)no4)CC3)cc2F)cc1. The van der Waals surface area contributed by atoms with Crippen LogP contribution in [0.2, 0.25) is 0 Å². The van der Waals surface area contributed by atoms with Crippen LogP contribution >= 0.6 is 0 Å². The van der Waals surface area contributed by atoms with Gasteiger partial charge in [-0.05, 0) is 80.8 Å². The van der Waals surface area contributed by atoms with Crippen molar-refractivity contribution in [3.05, 3.63) is 59.7 Å². The molecule has 0 spiro atoms. The van der Waals surface area contributed by atoms with E-state index in [0.717, 1.165) is 63.1 Å². The zero-order valence-corrected chi connectivity index (χ0v) is 24.9. The second kappa shape index (κ2) is 13.9. The standard InChI is InChI=1S/C32H42FN5O4/c1-22(2)30-35-32(42-36-30)38-18-14-23(15-19-38)7-6-20-41-26-12-13-27(28(33)21-26)29(31(39)37-16-4-5-17-37)34-24-8-10-25(40-3)11-9-24/h8-13,21-23,29,34H,4-7,14-20H2,1-3H3. The minimum Gasteiger partial charge on any atom is -0.497 e. The van der Waals surface area contributed by atoms with Crippen molar-refractivity contribution in [2.24, 2.45) is 5.92 Å². The summed E-state index contributed by atoms with van der Waals surface area (Å²) in [6, 6.07) is 11.9. The zero-order chi connectivity index (χ0) is 29.5. The maximum absolute atomic E-state index is 15.5. The average Bonchev–Trinajstić information content (AvgIpc) is 3.72. The molecule has 0 bridgehead atoms. The molecule has 0 saturated carbocycles. The Balaban J connectivity index is 1.13. The van der Waals surface area contributed by atoms with Gasteiger partial charge in [-0.3, -0.25) is 4.79 Å². The third-order valence-electron chi connectivity index (χ3n) is 8.21. The summed E-state index contributed by atoms with van der Waals surface area (Å²) in [6.45, 7) is 7.81. The van der Waals surface area contributed by atoms with Crippen LogP contribution in [0, 0.1) is 11.7 Å². The summed E-state index contributed by atoms with van der Waals surface area (Å²) in [5, 5.41) is 7.32. The molecular weight excluding hydrogens is 537 g/mol. The number of carbonyl (C=O) groups excluding carboxylic acids is 1. The van der Waals surface area contributed by atoms with E-state index in [2.05, 4.69) is 34.2 Å². The number of halogens is 1. The predicted octanol–water partition coefficient (Wildman–Crippen LogP) is 6.19. The van der Waals surface area contributed by atoms with Crippen molar-refractivity contribution in [2.75, 3.05) is 50.1 Å². The fourth-order valence-corrected chi connectivity index (χ4v) is 5.64. The quantitative estimate of drug-likeness (QED) is 0.254. The number of anilines is 2. The van der Waals surface area contributed by atoms with Crippen LogP contribution in [0.25, 0.3) is 0 Å². The first-order valence-corrected chi connectivity index (χ1v) is 15.1. The molecule has 0 aliphatic carbocycles. The second-order valence-corrected chi connectivity index (χ2v) is 11.5. The minimum atomic E-state index is -0.833. The Kier molecular flexibility index (Phi) is 9.81. The van der Waals surface area contributed by atoms with Crippen LogP contribution in [0.3, 0.4) is 0 Å². The molecule has 0 radical (unpaired) electrons. The summed E-state index contributed by atoms with van der Waals surface area (Å²) in [4.78, 5) is 21.9. The lowest BCUT2D eigenvalue weighted by Crippen LogP contribution is -2.36. The van der Waals surface area contributed by atoms with Crippen LogP contribution in [0.15, 0.2) is 47.0 Å². The highest BCUT2D eigenvalue weighted by atomic mass is 19.1. The monoisotopic (exact) mass is 579 g/mol. The van der Waals surface area contributed by atoms with E-state index >= 15 is 4.39 Å². The molecule has 2 aliphatic rings. The molecule has 1 unspecified atom stereocenters. The number of benzene rings is 2. The summed E-state index contributed by atoms with van der Waals surface area (Å²) in [7, 11) is 1.60. The van der Waals surface area contributed by atoms with Crippen LogP contribution in [-0.2, 0) is 4.79 Å². The van der Waals surface area contributed by atoms with Crippen molar-refractivity contribution in [2.45, 2.75) is 64.3 Å². The largest absolute Gasteiger partial charge is 0.497 e. The average molecular weight is 580 g/mol. The molecule has 3 aromatic rings. The van der Waals surface area contributed by atoms with Crippen molar-refractivity contribution < 1.29 is 23.2 Å². The Labute approximate surface area is 247 Å². The first kappa shape index (κ1) is 29.7. The summed E-state index contributed by atoms with van der Waals surface area (Å²) in [5.74, 6) is 2.21. The Morgan fingerprint density at radius 1 is 1.07 bits per heavy atom. The van der Waals surface area contributed by atoms with Crippen molar-refractivity contribution in [1.29, 1.82) is 0 Å². The van der Waals surface area contributed by atoms with Gasteiger partial charge in [0.2, 0.25) is 5.91 Å². The number of aromatic nitrogens is 2. The number of nitrogens with one attached hydrogen (secondary N) is 1. The van der Waals surface area contributed by atoms with Gasteiger partial charge in [0.05, 0.1) is 13.7 Å². The molecule has 10 heteroatoms. The highest BCUT2D eigenvalue weighted by molar-refractivity contribution is 5.86. The maximum atomic E-state index is 15.5. The Morgan fingerprint density at radius 3 is 2.43 bits per heavy atom. The lowest BCUT2D eigenvalue weighted by atomic mass is 9.92. The molecule has 1 atom stereocenters. The molecule has 1 amide bonds. The van der Waals surface area contributed by atoms with Gasteiger partial charge in [-0.15, -0.1) is 0 Å². The number of hydrogen-bond acceptors (Lipinski definition) is 8. The fourth-order valence-electron chi connectivity index (χ4n) is 5.64. The molecule has 9 nitrogen and oxygen atoms in total. The number of amides is 1. The highest BCUT2D eigenvalue weighted by Crippen LogP contribution is 2.30. The van der Waals surface area contributed by atoms with Gasteiger partial charge in [0.25, 0.3) is 0 Å². The van der Waals surface area contributed by atoms with Crippen LogP contribution in [0.5, 0.6) is 11.5 Å². The minimum absolute atomic E-state index is 0.124. The number of nitrogens with zero attached hydrogens (tertiary/aromatic N) is 4. The Morgan fingerprint density at radius 2 is 1.79 bits per heavy atom. The van der Waals surface area contributed by atoms with E-state index in [-0.39, 0.29) is 11.8 Å². The number of likely N-dealkylation sites (tertiary alicyclic amines) is 1. The van der Waals surface area contributed by atoms with Crippen molar-refractivity contribution >= 4 is 17.6 Å². The van der Waals surface area contributed by atoms with Gasteiger partial charge in [-0.2, -0.15) is 4.98 Å². The van der Waals surface area contributed by atoms with E-state index in [1.54, 1.807) is 24.1 Å². The van der Waals surface area contributed by atoms with Crippen LogP contribution in [-0.4, -0.2) is 60.8 Å². The molecular formula is C32H42FN5O4. The van der Waals surface area contributed by atoms with Crippen LogP contribution < -0.4 is 19.7 Å². The molecule has 5 rings (SSSR count). The smallest absolute Gasteiger partial charge is 0.324 e.